The van der Waals surface area contributed by atoms with Crippen LogP contribution in [0.15, 0.2) is 73.3 Å². The van der Waals surface area contributed by atoms with Gasteiger partial charge in [0.05, 0.1) is 0 Å². The monoisotopic (exact) mass is 251 g/mol. The Bertz CT molecular complexity index is 490. The van der Waals surface area contributed by atoms with Gasteiger partial charge in [-0.2, -0.15) is 0 Å². The first-order valence-corrected chi connectivity index (χ1v) is 6.78. The zero-order valence-corrected chi connectivity index (χ0v) is 11.4. The van der Waals surface area contributed by atoms with Crippen molar-refractivity contribution < 1.29 is 0 Å². The minimum atomic E-state index is 0.314. The van der Waals surface area contributed by atoms with E-state index in [4.69, 9.17) is 0 Å². The Labute approximate surface area is 116 Å². The van der Waals surface area contributed by atoms with E-state index in [1.165, 1.54) is 11.1 Å². The molecular formula is C18H21N. The first-order valence-electron chi connectivity index (χ1n) is 6.78. The summed E-state index contributed by atoms with van der Waals surface area (Å²) >= 11 is 0. The van der Waals surface area contributed by atoms with Crippen LogP contribution >= 0.6 is 0 Å². The number of hydrogen-bond donors (Lipinski definition) is 1. The molecule has 0 spiro atoms. The highest BCUT2D eigenvalue weighted by Crippen LogP contribution is 2.22. The topological polar surface area (TPSA) is 12.0 Å². The molecule has 0 bridgehead atoms. The van der Waals surface area contributed by atoms with Gasteiger partial charge in [0.2, 0.25) is 0 Å². The van der Waals surface area contributed by atoms with Gasteiger partial charge in [0.1, 0.15) is 0 Å². The lowest BCUT2D eigenvalue weighted by Gasteiger charge is -2.23. The summed E-state index contributed by atoms with van der Waals surface area (Å²) in [5.74, 6) is 0. The summed E-state index contributed by atoms with van der Waals surface area (Å²) in [5.41, 5.74) is 2.62. The van der Waals surface area contributed by atoms with Crippen LogP contribution in [0.1, 0.15) is 36.6 Å². The molecule has 0 radical (unpaired) electrons. The van der Waals surface area contributed by atoms with E-state index >= 15 is 0 Å². The minimum absolute atomic E-state index is 0.314. The van der Waals surface area contributed by atoms with Crippen molar-refractivity contribution in [2.45, 2.75) is 25.4 Å². The van der Waals surface area contributed by atoms with Crippen molar-refractivity contribution >= 4 is 0 Å². The summed E-state index contributed by atoms with van der Waals surface area (Å²) < 4.78 is 0. The summed E-state index contributed by atoms with van der Waals surface area (Å²) in [6.45, 7) is 6.07. The Morgan fingerprint density at radius 2 is 1.47 bits per heavy atom. The van der Waals surface area contributed by atoms with Crippen molar-refractivity contribution in [2.24, 2.45) is 0 Å². The fourth-order valence-electron chi connectivity index (χ4n) is 2.29. The fraction of sp³-hybridized carbons (Fsp3) is 0.222. The van der Waals surface area contributed by atoms with E-state index in [2.05, 4.69) is 79.5 Å². The van der Waals surface area contributed by atoms with E-state index in [9.17, 15) is 0 Å². The summed E-state index contributed by atoms with van der Waals surface area (Å²) in [6.07, 6.45) is 2.91. The lowest BCUT2D eigenvalue weighted by molar-refractivity contribution is 0.470. The van der Waals surface area contributed by atoms with Gasteiger partial charge in [-0.1, -0.05) is 66.7 Å². The van der Waals surface area contributed by atoms with Crippen molar-refractivity contribution in [1.29, 1.82) is 0 Å². The summed E-state index contributed by atoms with van der Waals surface area (Å²) in [4.78, 5) is 0. The van der Waals surface area contributed by atoms with Gasteiger partial charge >= 0.3 is 0 Å². The maximum absolute atomic E-state index is 3.87. The molecule has 19 heavy (non-hydrogen) atoms. The number of hydrogen-bond acceptors (Lipinski definition) is 1. The fourth-order valence-corrected chi connectivity index (χ4v) is 2.29. The van der Waals surface area contributed by atoms with Crippen LogP contribution in [0, 0.1) is 0 Å². The van der Waals surface area contributed by atoms with E-state index in [1.807, 2.05) is 6.08 Å². The van der Waals surface area contributed by atoms with Crippen molar-refractivity contribution in [3.05, 3.63) is 84.4 Å². The average Bonchev–Trinajstić information content (AvgIpc) is 2.48. The van der Waals surface area contributed by atoms with Crippen LogP contribution in [0.25, 0.3) is 0 Å². The molecule has 0 aliphatic rings. The van der Waals surface area contributed by atoms with Gasteiger partial charge < -0.3 is 5.32 Å². The van der Waals surface area contributed by atoms with Crippen LogP contribution < -0.4 is 5.32 Å². The van der Waals surface area contributed by atoms with Crippen LogP contribution in [0.5, 0.6) is 0 Å². The maximum atomic E-state index is 3.87. The lowest BCUT2D eigenvalue weighted by atomic mass is 10.0. The molecule has 0 saturated heterocycles. The van der Waals surface area contributed by atoms with Crippen LogP contribution in [-0.4, -0.2) is 0 Å². The molecule has 2 aromatic carbocycles. The van der Waals surface area contributed by atoms with Crippen LogP contribution in [0.4, 0.5) is 0 Å². The minimum Gasteiger partial charge on any atom is -0.303 e. The van der Waals surface area contributed by atoms with E-state index in [0.29, 0.717) is 12.1 Å². The Hall–Kier alpha value is -1.86. The van der Waals surface area contributed by atoms with E-state index in [-0.39, 0.29) is 0 Å². The van der Waals surface area contributed by atoms with E-state index < -0.39 is 0 Å². The predicted octanol–water partition coefficient (Wildman–Crippen LogP) is 4.65. The Morgan fingerprint density at radius 3 is 2.00 bits per heavy atom. The summed E-state index contributed by atoms with van der Waals surface area (Å²) in [6, 6.07) is 21.7. The molecule has 0 aliphatic heterocycles. The van der Waals surface area contributed by atoms with Gasteiger partial charge in [0.25, 0.3) is 0 Å². The summed E-state index contributed by atoms with van der Waals surface area (Å²) in [7, 11) is 0. The normalized spacial score (nSPS) is 13.7. The molecule has 98 valence electrons. The van der Waals surface area contributed by atoms with Gasteiger partial charge in [-0.05, 0) is 24.5 Å². The molecule has 0 unspecified atom stereocenters. The largest absolute Gasteiger partial charge is 0.303 e. The zero-order valence-electron chi connectivity index (χ0n) is 11.4. The van der Waals surface area contributed by atoms with Crippen LogP contribution in [0.2, 0.25) is 0 Å². The predicted molar refractivity (Wildman–Crippen MR) is 82.0 cm³/mol. The van der Waals surface area contributed by atoms with Crippen LogP contribution in [-0.2, 0) is 0 Å². The quantitative estimate of drug-likeness (QED) is 0.737. The highest BCUT2D eigenvalue weighted by molar-refractivity contribution is 5.22. The third-order valence-electron chi connectivity index (χ3n) is 3.36. The average molecular weight is 251 g/mol. The Balaban J connectivity index is 2.11. The molecule has 1 heteroatoms. The van der Waals surface area contributed by atoms with Crippen molar-refractivity contribution in [2.75, 3.05) is 0 Å². The van der Waals surface area contributed by atoms with Gasteiger partial charge in [0, 0.05) is 12.1 Å². The highest BCUT2D eigenvalue weighted by atomic mass is 14.9. The maximum Gasteiger partial charge on any atom is 0.0360 e. The molecule has 2 rings (SSSR count). The molecule has 1 N–H and O–H groups in total. The number of rotatable bonds is 6. The molecule has 0 aromatic heterocycles. The second-order valence-electron chi connectivity index (χ2n) is 4.79. The SMILES string of the molecule is C=CC[C@H](N[C@H](C)c1ccccc1)c1ccccc1. The van der Waals surface area contributed by atoms with Crippen LogP contribution in [0.3, 0.4) is 0 Å². The molecule has 0 aliphatic carbocycles. The first-order chi connectivity index (χ1) is 9.31. The molecule has 0 saturated carbocycles. The Morgan fingerprint density at radius 1 is 0.947 bits per heavy atom. The highest BCUT2D eigenvalue weighted by Gasteiger charge is 2.13. The van der Waals surface area contributed by atoms with Crippen molar-refractivity contribution in [3.63, 3.8) is 0 Å². The second kappa shape index (κ2) is 6.91. The molecular weight excluding hydrogens is 230 g/mol. The number of benzene rings is 2. The van der Waals surface area contributed by atoms with Crippen molar-refractivity contribution in [3.8, 4) is 0 Å². The molecule has 0 amide bonds. The van der Waals surface area contributed by atoms with Crippen molar-refractivity contribution in [1.82, 2.24) is 5.32 Å². The number of nitrogens with one attached hydrogen (secondary N) is 1. The van der Waals surface area contributed by atoms with Gasteiger partial charge in [-0.3, -0.25) is 0 Å². The van der Waals surface area contributed by atoms with Gasteiger partial charge in [-0.15, -0.1) is 6.58 Å². The molecule has 1 nitrogen and oxygen atoms in total. The molecule has 2 aromatic rings. The standard InChI is InChI=1S/C18H21N/c1-3-10-18(17-13-8-5-9-14-17)19-15(2)16-11-6-4-7-12-16/h3-9,11-15,18-19H,1,10H2,2H3/t15-,18+/m1/s1. The summed E-state index contributed by atoms with van der Waals surface area (Å²) in [5, 5.41) is 3.68. The van der Waals surface area contributed by atoms with Gasteiger partial charge in [-0.25, -0.2) is 0 Å². The molecule has 0 heterocycles. The second-order valence-corrected chi connectivity index (χ2v) is 4.79. The Kier molecular flexibility index (Phi) is 4.93. The van der Waals surface area contributed by atoms with E-state index in [1.54, 1.807) is 0 Å². The first kappa shape index (κ1) is 13.6. The third kappa shape index (κ3) is 3.80. The smallest absolute Gasteiger partial charge is 0.0360 e. The third-order valence-corrected chi connectivity index (χ3v) is 3.36. The van der Waals surface area contributed by atoms with Gasteiger partial charge in [0.15, 0.2) is 0 Å². The molecule has 2 atom stereocenters. The molecule has 0 fully saturated rings. The lowest BCUT2D eigenvalue weighted by Crippen LogP contribution is -2.24. The zero-order chi connectivity index (χ0) is 13.5. The van der Waals surface area contributed by atoms with E-state index in [0.717, 1.165) is 6.42 Å².